The predicted octanol–water partition coefficient (Wildman–Crippen LogP) is 2.51. The SMILES string of the molecule is COC(=O)c1nccnc1NS(=O)(=O)Cc1ccc(Cl)c(Cl)c1. The standard InChI is InChI=1S/C13H11Cl2N3O4S/c1-22-13(19)11-12(17-5-4-16-11)18-23(20,21)7-8-2-3-9(14)10(15)6-8/h2-6H,7H2,1H3,(H,17,18). The van der Waals surface area contributed by atoms with Gasteiger partial charge in [-0.05, 0) is 17.7 Å². The third kappa shape index (κ3) is 4.54. The normalized spacial score (nSPS) is 11.1. The van der Waals surface area contributed by atoms with Gasteiger partial charge in [-0.25, -0.2) is 23.2 Å². The minimum atomic E-state index is -3.84. The lowest BCUT2D eigenvalue weighted by atomic mass is 10.2. The largest absolute Gasteiger partial charge is 0.464 e. The number of sulfonamides is 1. The molecular formula is C13H11Cl2N3O4S. The monoisotopic (exact) mass is 375 g/mol. The molecule has 0 aliphatic heterocycles. The first kappa shape index (κ1) is 17.5. The van der Waals surface area contributed by atoms with Crippen molar-refractivity contribution >= 4 is 45.0 Å². The van der Waals surface area contributed by atoms with Crippen molar-refractivity contribution in [3.63, 3.8) is 0 Å². The van der Waals surface area contributed by atoms with E-state index in [1.807, 2.05) is 0 Å². The smallest absolute Gasteiger partial charge is 0.360 e. The number of anilines is 1. The Balaban J connectivity index is 2.25. The van der Waals surface area contributed by atoms with Gasteiger partial charge in [0.2, 0.25) is 10.0 Å². The van der Waals surface area contributed by atoms with Crippen LogP contribution in [0.1, 0.15) is 16.1 Å². The lowest BCUT2D eigenvalue weighted by molar-refractivity contribution is 0.0595. The second-order valence-electron chi connectivity index (χ2n) is 4.35. The van der Waals surface area contributed by atoms with E-state index < -0.39 is 16.0 Å². The molecular weight excluding hydrogens is 365 g/mol. The van der Waals surface area contributed by atoms with Crippen molar-refractivity contribution in [3.8, 4) is 0 Å². The van der Waals surface area contributed by atoms with Crippen molar-refractivity contribution in [1.29, 1.82) is 0 Å². The number of carbonyl (C=O) groups excluding carboxylic acids is 1. The fraction of sp³-hybridized carbons (Fsp3) is 0.154. The highest BCUT2D eigenvalue weighted by molar-refractivity contribution is 7.91. The van der Waals surface area contributed by atoms with Gasteiger partial charge in [0.25, 0.3) is 0 Å². The molecule has 2 aromatic rings. The Morgan fingerprint density at radius 1 is 1.22 bits per heavy atom. The zero-order chi connectivity index (χ0) is 17.0. The fourth-order valence-corrected chi connectivity index (χ4v) is 3.15. The van der Waals surface area contributed by atoms with E-state index in [0.29, 0.717) is 10.6 Å². The average molecular weight is 376 g/mol. The number of hydrogen-bond donors (Lipinski definition) is 1. The maximum Gasteiger partial charge on any atom is 0.360 e. The van der Waals surface area contributed by atoms with E-state index in [1.54, 1.807) is 0 Å². The first-order chi connectivity index (χ1) is 10.8. The summed E-state index contributed by atoms with van der Waals surface area (Å²) in [6.45, 7) is 0. The first-order valence-corrected chi connectivity index (χ1v) is 8.57. The molecule has 7 nitrogen and oxygen atoms in total. The number of rotatable bonds is 5. The van der Waals surface area contributed by atoms with Gasteiger partial charge in [0.1, 0.15) is 0 Å². The Hall–Kier alpha value is -1.90. The van der Waals surface area contributed by atoms with Gasteiger partial charge in [-0.3, -0.25) is 4.72 Å². The van der Waals surface area contributed by atoms with E-state index in [0.717, 1.165) is 7.11 Å². The highest BCUT2D eigenvalue weighted by Gasteiger charge is 2.20. The number of hydrogen-bond acceptors (Lipinski definition) is 6. The van der Waals surface area contributed by atoms with Crippen LogP contribution in [-0.4, -0.2) is 31.5 Å². The molecule has 1 aromatic heterocycles. The van der Waals surface area contributed by atoms with Crippen molar-refractivity contribution in [1.82, 2.24) is 9.97 Å². The first-order valence-electron chi connectivity index (χ1n) is 6.16. The predicted molar refractivity (Wildman–Crippen MR) is 86.1 cm³/mol. The molecule has 1 aromatic carbocycles. The maximum absolute atomic E-state index is 12.2. The van der Waals surface area contributed by atoms with Gasteiger partial charge in [0.15, 0.2) is 11.5 Å². The van der Waals surface area contributed by atoms with Crippen LogP contribution in [0, 0.1) is 0 Å². The molecule has 0 radical (unpaired) electrons. The van der Waals surface area contributed by atoms with Crippen LogP contribution in [0.3, 0.4) is 0 Å². The Morgan fingerprint density at radius 3 is 2.57 bits per heavy atom. The molecule has 0 atom stereocenters. The van der Waals surface area contributed by atoms with E-state index in [9.17, 15) is 13.2 Å². The van der Waals surface area contributed by atoms with Crippen molar-refractivity contribution in [2.45, 2.75) is 5.75 Å². The molecule has 122 valence electrons. The third-order valence-electron chi connectivity index (χ3n) is 2.67. The third-order valence-corrected chi connectivity index (χ3v) is 4.63. The molecule has 0 spiro atoms. The van der Waals surface area contributed by atoms with E-state index >= 15 is 0 Å². The fourth-order valence-electron chi connectivity index (χ4n) is 1.69. The summed E-state index contributed by atoms with van der Waals surface area (Å²) < 4.78 is 31.2. The summed E-state index contributed by atoms with van der Waals surface area (Å²) in [7, 11) is -2.69. The summed E-state index contributed by atoms with van der Waals surface area (Å²) in [5.41, 5.74) is 0.197. The summed E-state index contributed by atoms with van der Waals surface area (Å²) in [6.07, 6.45) is 2.51. The van der Waals surface area contributed by atoms with Crippen LogP contribution in [-0.2, 0) is 20.5 Å². The van der Waals surface area contributed by atoms with Crippen LogP contribution < -0.4 is 4.72 Å². The van der Waals surface area contributed by atoms with Crippen LogP contribution >= 0.6 is 23.2 Å². The summed E-state index contributed by atoms with van der Waals surface area (Å²) >= 11 is 11.6. The number of benzene rings is 1. The van der Waals surface area contributed by atoms with E-state index in [-0.39, 0.29) is 22.3 Å². The second kappa shape index (κ2) is 7.12. The maximum atomic E-state index is 12.2. The van der Waals surface area contributed by atoms with Crippen LogP contribution in [0.25, 0.3) is 0 Å². The van der Waals surface area contributed by atoms with Gasteiger partial charge < -0.3 is 4.74 Å². The lowest BCUT2D eigenvalue weighted by Gasteiger charge is -2.10. The van der Waals surface area contributed by atoms with E-state index in [4.69, 9.17) is 23.2 Å². The zero-order valence-electron chi connectivity index (χ0n) is 11.8. The molecule has 0 aliphatic carbocycles. The quantitative estimate of drug-likeness (QED) is 0.806. The molecule has 1 heterocycles. The Labute approximate surface area is 142 Å². The van der Waals surface area contributed by atoms with Crippen molar-refractivity contribution in [2.75, 3.05) is 11.8 Å². The van der Waals surface area contributed by atoms with Crippen LogP contribution in [0.5, 0.6) is 0 Å². The van der Waals surface area contributed by atoms with Crippen LogP contribution in [0.4, 0.5) is 5.82 Å². The minimum Gasteiger partial charge on any atom is -0.464 e. The highest BCUT2D eigenvalue weighted by atomic mass is 35.5. The number of nitrogens with one attached hydrogen (secondary N) is 1. The van der Waals surface area contributed by atoms with Gasteiger partial charge in [-0.2, -0.15) is 0 Å². The Kier molecular flexibility index (Phi) is 5.40. The van der Waals surface area contributed by atoms with Crippen molar-refractivity contribution < 1.29 is 17.9 Å². The van der Waals surface area contributed by atoms with Gasteiger partial charge in [0.05, 0.1) is 22.9 Å². The molecule has 0 bridgehead atoms. The van der Waals surface area contributed by atoms with Crippen LogP contribution in [0.2, 0.25) is 10.0 Å². The number of aromatic nitrogens is 2. The number of halogens is 2. The van der Waals surface area contributed by atoms with Crippen molar-refractivity contribution in [3.05, 3.63) is 51.9 Å². The number of ether oxygens (including phenoxy) is 1. The molecule has 0 saturated heterocycles. The summed E-state index contributed by atoms with van der Waals surface area (Å²) in [4.78, 5) is 19.1. The molecule has 0 saturated carbocycles. The summed E-state index contributed by atoms with van der Waals surface area (Å²) in [5.74, 6) is -1.38. The van der Waals surface area contributed by atoms with Gasteiger partial charge in [0, 0.05) is 12.4 Å². The molecule has 23 heavy (non-hydrogen) atoms. The molecule has 10 heteroatoms. The topological polar surface area (TPSA) is 98.2 Å². The van der Waals surface area contributed by atoms with Gasteiger partial charge >= 0.3 is 5.97 Å². The minimum absolute atomic E-state index is 0.209. The number of esters is 1. The average Bonchev–Trinajstić information content (AvgIpc) is 2.50. The van der Waals surface area contributed by atoms with E-state index in [1.165, 1.54) is 30.6 Å². The lowest BCUT2D eigenvalue weighted by Crippen LogP contribution is -2.19. The molecule has 0 fully saturated rings. The summed E-state index contributed by atoms with van der Waals surface area (Å²) in [6, 6.07) is 4.48. The molecule has 2 rings (SSSR count). The van der Waals surface area contributed by atoms with Gasteiger partial charge in [-0.15, -0.1) is 0 Å². The molecule has 1 N–H and O–H groups in total. The Bertz CT molecular complexity index is 843. The number of carbonyl (C=O) groups is 1. The number of nitrogens with zero attached hydrogens (tertiary/aromatic N) is 2. The summed E-state index contributed by atoms with van der Waals surface area (Å²) in [5, 5.41) is 0.566. The zero-order valence-corrected chi connectivity index (χ0v) is 14.1. The second-order valence-corrected chi connectivity index (χ2v) is 6.89. The highest BCUT2D eigenvalue weighted by Crippen LogP contribution is 2.24. The molecule has 0 amide bonds. The Morgan fingerprint density at radius 2 is 1.91 bits per heavy atom. The van der Waals surface area contributed by atoms with E-state index in [2.05, 4.69) is 19.4 Å². The molecule has 0 aliphatic rings. The van der Waals surface area contributed by atoms with Crippen LogP contribution in [0.15, 0.2) is 30.6 Å². The van der Waals surface area contributed by atoms with Gasteiger partial charge in [-0.1, -0.05) is 29.3 Å². The number of methoxy groups -OCH3 is 1. The van der Waals surface area contributed by atoms with Crippen molar-refractivity contribution in [2.24, 2.45) is 0 Å². The molecule has 0 unspecified atom stereocenters.